The highest BCUT2D eigenvalue weighted by molar-refractivity contribution is 7.91. The third-order valence-corrected chi connectivity index (χ3v) is 5.62. The highest BCUT2D eigenvalue weighted by Crippen LogP contribution is 2.24. The molecule has 1 N–H and O–H groups in total. The van der Waals surface area contributed by atoms with Crippen LogP contribution in [0.25, 0.3) is 0 Å². The Balaban J connectivity index is 2.02. The van der Waals surface area contributed by atoms with Gasteiger partial charge in [-0.15, -0.1) is 0 Å². The number of methoxy groups -OCH3 is 1. The van der Waals surface area contributed by atoms with Gasteiger partial charge in [0.15, 0.2) is 9.84 Å². The van der Waals surface area contributed by atoms with E-state index in [1.54, 1.807) is 7.11 Å². The van der Waals surface area contributed by atoms with Crippen LogP contribution >= 0.6 is 0 Å². The van der Waals surface area contributed by atoms with Crippen LogP contribution in [0, 0.1) is 5.92 Å². The molecule has 0 bridgehead atoms. The number of ether oxygens (including phenoxy) is 1. The molecular formula is C14H21NO3S. The van der Waals surface area contributed by atoms with Gasteiger partial charge in [0.25, 0.3) is 0 Å². The van der Waals surface area contributed by atoms with Gasteiger partial charge in [0, 0.05) is 6.04 Å². The van der Waals surface area contributed by atoms with Crippen LogP contribution in [0.1, 0.15) is 12.0 Å². The maximum Gasteiger partial charge on any atom is 0.150 e. The lowest BCUT2D eigenvalue weighted by Gasteiger charge is -2.22. The molecule has 2 unspecified atom stereocenters. The molecule has 0 spiro atoms. The molecule has 1 heterocycles. The molecule has 0 radical (unpaired) electrons. The Morgan fingerprint density at radius 2 is 2.05 bits per heavy atom. The Morgan fingerprint density at radius 1 is 1.37 bits per heavy atom. The molecule has 0 aliphatic carbocycles. The summed E-state index contributed by atoms with van der Waals surface area (Å²) in [4.78, 5) is 0. The van der Waals surface area contributed by atoms with Crippen molar-refractivity contribution in [3.8, 4) is 5.75 Å². The maximum absolute atomic E-state index is 11.6. The molecule has 0 amide bonds. The molecule has 1 aliphatic heterocycles. The summed E-state index contributed by atoms with van der Waals surface area (Å²) in [6.45, 7) is 0. The second kappa shape index (κ2) is 5.92. The first-order valence-corrected chi connectivity index (χ1v) is 8.37. The minimum Gasteiger partial charge on any atom is -0.497 e. The van der Waals surface area contributed by atoms with E-state index >= 15 is 0 Å². The van der Waals surface area contributed by atoms with E-state index in [1.165, 1.54) is 5.56 Å². The van der Waals surface area contributed by atoms with Crippen LogP contribution in [0.3, 0.4) is 0 Å². The van der Waals surface area contributed by atoms with Gasteiger partial charge in [-0.1, -0.05) is 12.1 Å². The van der Waals surface area contributed by atoms with Crippen molar-refractivity contribution in [2.75, 3.05) is 25.7 Å². The molecule has 1 aliphatic rings. The van der Waals surface area contributed by atoms with Gasteiger partial charge in [0.2, 0.25) is 0 Å². The number of hydrogen-bond donors (Lipinski definition) is 1. The molecule has 5 heteroatoms. The fourth-order valence-corrected chi connectivity index (χ4v) is 4.54. The summed E-state index contributed by atoms with van der Waals surface area (Å²) in [6, 6.07) is 8.16. The quantitative estimate of drug-likeness (QED) is 0.884. The van der Waals surface area contributed by atoms with Crippen LogP contribution in [0.2, 0.25) is 0 Å². The van der Waals surface area contributed by atoms with Crippen molar-refractivity contribution in [1.29, 1.82) is 0 Å². The molecule has 0 aromatic heterocycles. The van der Waals surface area contributed by atoms with Gasteiger partial charge >= 0.3 is 0 Å². The zero-order valence-electron chi connectivity index (χ0n) is 11.4. The molecule has 2 atom stereocenters. The first-order valence-electron chi connectivity index (χ1n) is 6.54. The van der Waals surface area contributed by atoms with Crippen LogP contribution in [-0.4, -0.2) is 40.1 Å². The summed E-state index contributed by atoms with van der Waals surface area (Å²) in [5, 5.41) is 3.26. The topological polar surface area (TPSA) is 55.4 Å². The number of benzene rings is 1. The summed E-state index contributed by atoms with van der Waals surface area (Å²) < 4.78 is 28.2. The first kappa shape index (κ1) is 14.3. The van der Waals surface area contributed by atoms with Crippen LogP contribution < -0.4 is 10.1 Å². The van der Waals surface area contributed by atoms with Crippen molar-refractivity contribution in [1.82, 2.24) is 5.32 Å². The van der Waals surface area contributed by atoms with Crippen LogP contribution in [-0.2, 0) is 16.3 Å². The summed E-state index contributed by atoms with van der Waals surface area (Å²) in [6.07, 6.45) is 1.62. The van der Waals surface area contributed by atoms with E-state index in [0.717, 1.165) is 18.6 Å². The standard InChI is InChI=1S/C14H21NO3S/c1-15-14(12-7-8-19(16,17)10-12)9-11-3-5-13(18-2)6-4-11/h3-6,12,14-15H,7-10H2,1-2H3. The Kier molecular flexibility index (Phi) is 4.47. The molecule has 1 fully saturated rings. The second-order valence-electron chi connectivity index (χ2n) is 5.11. The Morgan fingerprint density at radius 3 is 2.53 bits per heavy atom. The Bertz CT molecular complexity index is 510. The minimum atomic E-state index is -2.81. The van der Waals surface area contributed by atoms with Crippen molar-refractivity contribution >= 4 is 9.84 Å². The summed E-state index contributed by atoms with van der Waals surface area (Å²) in [5.41, 5.74) is 1.20. The largest absolute Gasteiger partial charge is 0.497 e. The van der Waals surface area contributed by atoms with Crippen molar-refractivity contribution in [3.05, 3.63) is 29.8 Å². The van der Waals surface area contributed by atoms with Gasteiger partial charge in [-0.25, -0.2) is 8.42 Å². The molecule has 4 nitrogen and oxygen atoms in total. The fraction of sp³-hybridized carbons (Fsp3) is 0.571. The van der Waals surface area contributed by atoms with Gasteiger partial charge in [0.05, 0.1) is 18.6 Å². The SMILES string of the molecule is CNC(Cc1ccc(OC)cc1)C1CCS(=O)(=O)C1. The summed E-state index contributed by atoms with van der Waals surface area (Å²) in [5.74, 6) is 1.71. The van der Waals surface area contributed by atoms with Crippen molar-refractivity contribution in [2.45, 2.75) is 18.9 Å². The normalized spacial score (nSPS) is 23.2. The molecule has 0 saturated carbocycles. The molecule has 1 aromatic carbocycles. The van der Waals surface area contributed by atoms with E-state index in [1.807, 2.05) is 31.3 Å². The lowest BCUT2D eigenvalue weighted by atomic mass is 9.93. The fourth-order valence-electron chi connectivity index (χ4n) is 2.66. The second-order valence-corrected chi connectivity index (χ2v) is 7.34. The van der Waals surface area contributed by atoms with Crippen LogP contribution in [0.5, 0.6) is 5.75 Å². The highest BCUT2D eigenvalue weighted by atomic mass is 32.2. The molecular weight excluding hydrogens is 262 g/mol. The number of rotatable bonds is 5. The number of hydrogen-bond acceptors (Lipinski definition) is 4. The Labute approximate surface area is 115 Å². The highest BCUT2D eigenvalue weighted by Gasteiger charge is 2.32. The van der Waals surface area contributed by atoms with Gasteiger partial charge in [0.1, 0.15) is 5.75 Å². The van der Waals surface area contributed by atoms with Gasteiger partial charge in [-0.05, 0) is 43.5 Å². The van der Waals surface area contributed by atoms with E-state index in [2.05, 4.69) is 5.32 Å². The molecule has 19 heavy (non-hydrogen) atoms. The van der Waals surface area contributed by atoms with Crippen molar-refractivity contribution in [2.24, 2.45) is 5.92 Å². The van der Waals surface area contributed by atoms with Gasteiger partial charge in [-0.2, -0.15) is 0 Å². The predicted molar refractivity (Wildman–Crippen MR) is 76.3 cm³/mol. The average molecular weight is 283 g/mol. The third kappa shape index (κ3) is 3.70. The Hall–Kier alpha value is -1.07. The van der Waals surface area contributed by atoms with Crippen molar-refractivity contribution < 1.29 is 13.2 Å². The van der Waals surface area contributed by atoms with E-state index in [9.17, 15) is 8.42 Å². The first-order chi connectivity index (χ1) is 9.04. The van der Waals surface area contributed by atoms with Crippen molar-refractivity contribution in [3.63, 3.8) is 0 Å². The van der Waals surface area contributed by atoms with E-state index in [0.29, 0.717) is 11.5 Å². The number of sulfone groups is 1. The zero-order chi connectivity index (χ0) is 13.9. The summed E-state index contributed by atoms with van der Waals surface area (Å²) in [7, 11) is 0.736. The number of likely N-dealkylation sites (N-methyl/N-ethyl adjacent to an activating group) is 1. The summed E-state index contributed by atoms with van der Waals surface area (Å²) >= 11 is 0. The van der Waals surface area contributed by atoms with Gasteiger partial charge < -0.3 is 10.1 Å². The number of nitrogens with one attached hydrogen (secondary N) is 1. The third-order valence-electron chi connectivity index (χ3n) is 3.82. The van der Waals surface area contributed by atoms with E-state index in [4.69, 9.17) is 4.74 Å². The molecule has 106 valence electrons. The van der Waals surface area contributed by atoms with E-state index in [-0.39, 0.29) is 12.0 Å². The van der Waals surface area contributed by atoms with Gasteiger partial charge in [-0.3, -0.25) is 0 Å². The van der Waals surface area contributed by atoms with Crippen LogP contribution in [0.15, 0.2) is 24.3 Å². The minimum absolute atomic E-state index is 0.214. The molecule has 2 rings (SSSR count). The molecule has 1 aromatic rings. The average Bonchev–Trinajstić information content (AvgIpc) is 2.77. The predicted octanol–water partition coefficient (Wildman–Crippen LogP) is 1.26. The van der Waals surface area contributed by atoms with Crippen LogP contribution in [0.4, 0.5) is 0 Å². The lowest BCUT2D eigenvalue weighted by Crippen LogP contribution is -2.36. The maximum atomic E-state index is 11.6. The molecule has 1 saturated heterocycles. The monoisotopic (exact) mass is 283 g/mol. The smallest absolute Gasteiger partial charge is 0.150 e. The lowest BCUT2D eigenvalue weighted by molar-refractivity contribution is 0.401. The van der Waals surface area contributed by atoms with E-state index < -0.39 is 9.84 Å². The zero-order valence-corrected chi connectivity index (χ0v) is 12.2.